The molecule has 0 unspecified atom stereocenters. The van der Waals surface area contributed by atoms with Crippen LogP contribution in [0.5, 0.6) is 5.88 Å². The topological polar surface area (TPSA) is 56.3 Å². The number of rotatable bonds is 0. The Balaban J connectivity index is 2.39. The van der Waals surface area contributed by atoms with Crippen LogP contribution in [-0.2, 0) is 10.1 Å². The Bertz CT molecular complexity index is 751. The zero-order chi connectivity index (χ0) is 12.9. The summed E-state index contributed by atoms with van der Waals surface area (Å²) < 4.78 is 29.1. The van der Waals surface area contributed by atoms with Crippen LogP contribution in [0.25, 0.3) is 11.1 Å². The lowest BCUT2D eigenvalue weighted by atomic mass is 10.0. The number of fused-ring (bicyclic) bond motifs is 3. The first-order chi connectivity index (χ1) is 8.47. The van der Waals surface area contributed by atoms with Crippen molar-refractivity contribution in [3.8, 4) is 17.0 Å². The van der Waals surface area contributed by atoms with Crippen molar-refractivity contribution < 1.29 is 12.6 Å². The van der Waals surface area contributed by atoms with Crippen LogP contribution in [0, 0.1) is 13.8 Å². The van der Waals surface area contributed by atoms with Crippen LogP contribution < -0.4 is 4.18 Å². The third kappa shape index (κ3) is 1.59. The predicted molar refractivity (Wildman–Crippen MR) is 67.0 cm³/mol. The Kier molecular flexibility index (Phi) is 2.22. The Hall–Kier alpha value is -1.88. The fraction of sp³-hybridized carbons (Fsp3) is 0.154. The molecule has 0 aliphatic carbocycles. The molecule has 0 amide bonds. The summed E-state index contributed by atoms with van der Waals surface area (Å²) in [5.41, 5.74) is 2.96. The van der Waals surface area contributed by atoms with Gasteiger partial charge in [-0.2, -0.15) is 8.42 Å². The second kappa shape index (κ2) is 3.55. The van der Waals surface area contributed by atoms with Gasteiger partial charge in [-0.1, -0.05) is 12.1 Å². The number of pyridine rings is 1. The summed E-state index contributed by atoms with van der Waals surface area (Å²) in [6.45, 7) is 3.64. The molecule has 1 aliphatic heterocycles. The van der Waals surface area contributed by atoms with E-state index in [1.54, 1.807) is 19.1 Å². The second-order valence-corrected chi connectivity index (χ2v) is 5.86. The number of nitrogens with zero attached hydrogens (tertiary/aromatic N) is 1. The maximum absolute atomic E-state index is 12.0. The van der Waals surface area contributed by atoms with Crippen LogP contribution in [0.15, 0.2) is 35.2 Å². The molecule has 92 valence electrons. The van der Waals surface area contributed by atoms with Crippen molar-refractivity contribution in [2.24, 2.45) is 0 Å². The van der Waals surface area contributed by atoms with Crippen molar-refractivity contribution >= 4 is 10.1 Å². The van der Waals surface area contributed by atoms with Gasteiger partial charge in [0.1, 0.15) is 4.90 Å². The Morgan fingerprint density at radius 3 is 2.56 bits per heavy atom. The highest BCUT2D eigenvalue weighted by Gasteiger charge is 2.30. The fourth-order valence-corrected chi connectivity index (χ4v) is 3.21. The van der Waals surface area contributed by atoms with E-state index in [4.69, 9.17) is 4.18 Å². The monoisotopic (exact) mass is 261 g/mol. The zero-order valence-corrected chi connectivity index (χ0v) is 10.8. The number of hydrogen-bond acceptors (Lipinski definition) is 4. The minimum absolute atomic E-state index is 0.159. The maximum Gasteiger partial charge on any atom is 0.341 e. The number of hydrogen-bond donors (Lipinski definition) is 0. The third-order valence-electron chi connectivity index (χ3n) is 2.88. The summed E-state index contributed by atoms with van der Waals surface area (Å²) >= 11 is 0. The molecule has 0 fully saturated rings. The van der Waals surface area contributed by atoms with E-state index in [0.717, 1.165) is 11.3 Å². The van der Waals surface area contributed by atoms with E-state index in [-0.39, 0.29) is 10.8 Å². The van der Waals surface area contributed by atoms with Crippen LogP contribution in [0.3, 0.4) is 0 Å². The zero-order valence-electron chi connectivity index (χ0n) is 9.97. The lowest BCUT2D eigenvalue weighted by Gasteiger charge is -2.19. The highest BCUT2D eigenvalue weighted by atomic mass is 32.2. The third-order valence-corrected chi connectivity index (χ3v) is 4.14. The summed E-state index contributed by atoms with van der Waals surface area (Å²) in [7, 11) is -3.76. The van der Waals surface area contributed by atoms with Gasteiger partial charge in [-0.15, -0.1) is 0 Å². The molecule has 2 aromatic rings. The summed E-state index contributed by atoms with van der Waals surface area (Å²) in [5.74, 6) is 0.159. The first-order valence-electron chi connectivity index (χ1n) is 5.50. The van der Waals surface area contributed by atoms with E-state index in [0.29, 0.717) is 11.1 Å². The van der Waals surface area contributed by atoms with E-state index in [1.165, 1.54) is 0 Å². The normalized spacial score (nSPS) is 15.4. The molecule has 1 aliphatic rings. The molecule has 0 N–H and O–H groups in total. The molecular weight excluding hydrogens is 250 g/mol. The highest BCUT2D eigenvalue weighted by Crippen LogP contribution is 2.39. The van der Waals surface area contributed by atoms with Gasteiger partial charge in [-0.3, -0.25) is 0 Å². The van der Waals surface area contributed by atoms with Gasteiger partial charge in [-0.05, 0) is 37.6 Å². The van der Waals surface area contributed by atoms with Gasteiger partial charge in [0, 0.05) is 16.8 Å². The number of benzene rings is 1. The lowest BCUT2D eigenvalue weighted by Crippen LogP contribution is -2.17. The van der Waals surface area contributed by atoms with Crippen molar-refractivity contribution in [3.05, 3.63) is 41.6 Å². The van der Waals surface area contributed by atoms with Crippen LogP contribution >= 0.6 is 0 Å². The van der Waals surface area contributed by atoms with Gasteiger partial charge in [0.15, 0.2) is 0 Å². The largest absolute Gasteiger partial charge is 0.357 e. The van der Waals surface area contributed by atoms with Gasteiger partial charge < -0.3 is 4.18 Å². The van der Waals surface area contributed by atoms with E-state index in [2.05, 4.69) is 4.98 Å². The van der Waals surface area contributed by atoms with Crippen LogP contribution in [0.1, 0.15) is 11.3 Å². The minimum Gasteiger partial charge on any atom is -0.357 e. The van der Waals surface area contributed by atoms with E-state index in [9.17, 15) is 8.42 Å². The average Bonchev–Trinajstić information content (AvgIpc) is 2.28. The van der Waals surface area contributed by atoms with Gasteiger partial charge >= 0.3 is 10.1 Å². The standard InChI is InChI=1S/C13H11NO3S/c1-8-3-5-10-11-6-4-9(2)14-13(11)17-18(15,16)12(10)7-8/h3-7H,1-2H3. The molecular formula is C13H11NO3S. The molecule has 3 rings (SSSR count). The minimum atomic E-state index is -3.76. The molecule has 0 bridgehead atoms. The summed E-state index contributed by atoms with van der Waals surface area (Å²) in [6.07, 6.45) is 0. The van der Waals surface area contributed by atoms with Crippen molar-refractivity contribution in [1.29, 1.82) is 0 Å². The molecule has 5 heteroatoms. The molecule has 0 saturated carbocycles. The van der Waals surface area contributed by atoms with Gasteiger partial charge in [0.05, 0.1) is 0 Å². The molecule has 4 nitrogen and oxygen atoms in total. The van der Waals surface area contributed by atoms with E-state index in [1.807, 2.05) is 25.1 Å². The molecule has 1 aromatic heterocycles. The second-order valence-electron chi connectivity index (χ2n) is 4.34. The maximum atomic E-state index is 12.0. The summed E-state index contributed by atoms with van der Waals surface area (Å²) in [4.78, 5) is 4.34. The summed E-state index contributed by atoms with van der Waals surface area (Å²) in [6, 6.07) is 8.96. The molecule has 0 spiro atoms. The SMILES string of the molecule is Cc1ccc2c(c1)S(=O)(=O)Oc1nc(C)ccc1-2. The van der Waals surface area contributed by atoms with Crippen molar-refractivity contribution in [3.63, 3.8) is 0 Å². The molecule has 0 atom stereocenters. The van der Waals surface area contributed by atoms with Crippen molar-refractivity contribution in [2.75, 3.05) is 0 Å². The van der Waals surface area contributed by atoms with Crippen LogP contribution in [0.2, 0.25) is 0 Å². The molecule has 2 heterocycles. The smallest absolute Gasteiger partial charge is 0.341 e. The molecule has 18 heavy (non-hydrogen) atoms. The van der Waals surface area contributed by atoms with Gasteiger partial charge in [-0.25, -0.2) is 4.98 Å². The lowest BCUT2D eigenvalue weighted by molar-refractivity contribution is 0.472. The number of aryl methyl sites for hydroxylation is 2. The molecule has 0 saturated heterocycles. The summed E-state index contributed by atoms with van der Waals surface area (Å²) in [5, 5.41) is 0. The molecule has 0 radical (unpaired) electrons. The highest BCUT2D eigenvalue weighted by molar-refractivity contribution is 7.87. The molecule has 1 aromatic carbocycles. The Morgan fingerprint density at radius 1 is 1.06 bits per heavy atom. The number of aromatic nitrogens is 1. The average molecular weight is 261 g/mol. The fourth-order valence-electron chi connectivity index (χ4n) is 2.01. The Labute approximate surface area is 105 Å². The van der Waals surface area contributed by atoms with E-state index < -0.39 is 10.1 Å². The first-order valence-corrected chi connectivity index (χ1v) is 6.91. The van der Waals surface area contributed by atoms with Crippen molar-refractivity contribution in [2.45, 2.75) is 18.7 Å². The van der Waals surface area contributed by atoms with Gasteiger partial charge in [0.2, 0.25) is 5.88 Å². The quantitative estimate of drug-likeness (QED) is 0.683. The van der Waals surface area contributed by atoms with Crippen LogP contribution in [-0.4, -0.2) is 13.4 Å². The van der Waals surface area contributed by atoms with E-state index >= 15 is 0 Å². The van der Waals surface area contributed by atoms with Gasteiger partial charge in [0.25, 0.3) is 0 Å². The Morgan fingerprint density at radius 2 is 1.78 bits per heavy atom. The van der Waals surface area contributed by atoms with Crippen LogP contribution in [0.4, 0.5) is 0 Å². The predicted octanol–water partition coefficient (Wildman–Crippen LogP) is 2.45. The first kappa shape index (κ1) is 11.2. The van der Waals surface area contributed by atoms with Crippen molar-refractivity contribution in [1.82, 2.24) is 4.98 Å².